The van der Waals surface area contributed by atoms with Crippen LogP contribution in [0.1, 0.15) is 24.8 Å². The van der Waals surface area contributed by atoms with E-state index in [-0.39, 0.29) is 46.1 Å². The van der Waals surface area contributed by atoms with Gasteiger partial charge in [-0.15, -0.1) is 0 Å². The highest BCUT2D eigenvalue weighted by Gasteiger charge is 2.58. The molecule has 2 aromatic heterocycles. The maximum absolute atomic E-state index is 15.4. The lowest BCUT2D eigenvalue weighted by Crippen LogP contribution is -2.19. The van der Waals surface area contributed by atoms with Crippen molar-refractivity contribution in [3.05, 3.63) is 48.2 Å². The monoisotopic (exact) mass is 450 g/mol. The SMILES string of the molecule is Cc1ccncc1-c1cc2cc(NC(=O)C3C4CCCC(O)C43)ncc2c(NC(=O)O)c1F. The van der Waals surface area contributed by atoms with Gasteiger partial charge in [-0.25, -0.2) is 14.2 Å². The second-order valence-corrected chi connectivity index (χ2v) is 8.78. The number of rotatable bonds is 4. The number of amides is 2. The molecule has 0 bridgehead atoms. The number of benzene rings is 1. The van der Waals surface area contributed by atoms with Crippen molar-refractivity contribution in [2.24, 2.45) is 17.8 Å². The minimum atomic E-state index is -1.40. The highest BCUT2D eigenvalue weighted by molar-refractivity contribution is 6.04. The number of anilines is 2. The first kappa shape index (κ1) is 21.3. The molecule has 9 heteroatoms. The van der Waals surface area contributed by atoms with Crippen LogP contribution in [0.25, 0.3) is 21.9 Å². The van der Waals surface area contributed by atoms with Crippen molar-refractivity contribution in [2.45, 2.75) is 32.3 Å². The first-order valence-electron chi connectivity index (χ1n) is 10.9. The molecular formula is C24H23FN4O4. The average molecular weight is 450 g/mol. The highest BCUT2D eigenvalue weighted by atomic mass is 19.1. The summed E-state index contributed by atoms with van der Waals surface area (Å²) in [6.07, 6.45) is 5.19. The molecular weight excluding hydrogens is 427 g/mol. The predicted molar refractivity (Wildman–Crippen MR) is 120 cm³/mol. The van der Waals surface area contributed by atoms with Crippen molar-refractivity contribution < 1.29 is 24.2 Å². The van der Waals surface area contributed by atoms with Crippen molar-refractivity contribution >= 4 is 34.3 Å². The van der Waals surface area contributed by atoms with Crippen LogP contribution >= 0.6 is 0 Å². The van der Waals surface area contributed by atoms with E-state index < -0.39 is 18.0 Å². The molecule has 4 unspecified atom stereocenters. The first-order valence-corrected chi connectivity index (χ1v) is 10.9. The molecule has 2 saturated carbocycles. The number of hydrogen-bond acceptors (Lipinski definition) is 5. The van der Waals surface area contributed by atoms with Gasteiger partial charge in [-0.05, 0) is 54.8 Å². The summed E-state index contributed by atoms with van der Waals surface area (Å²) in [5.74, 6) is -0.657. The molecule has 170 valence electrons. The Bertz CT molecular complexity index is 1280. The number of nitrogens with zero attached hydrogens (tertiary/aromatic N) is 2. The summed E-state index contributed by atoms with van der Waals surface area (Å²) in [6, 6.07) is 4.93. The van der Waals surface area contributed by atoms with E-state index in [1.165, 1.54) is 12.4 Å². The van der Waals surface area contributed by atoms with Gasteiger partial charge in [0.05, 0.1) is 11.8 Å². The van der Waals surface area contributed by atoms with Gasteiger partial charge in [0.2, 0.25) is 5.91 Å². The van der Waals surface area contributed by atoms with Crippen LogP contribution in [0.2, 0.25) is 0 Å². The zero-order chi connectivity index (χ0) is 23.3. The number of carbonyl (C=O) groups is 2. The smallest absolute Gasteiger partial charge is 0.409 e. The highest BCUT2D eigenvalue weighted by Crippen LogP contribution is 2.55. The Balaban J connectivity index is 1.53. The molecule has 4 N–H and O–H groups in total. The third kappa shape index (κ3) is 3.78. The van der Waals surface area contributed by atoms with Gasteiger partial charge in [-0.1, -0.05) is 6.42 Å². The minimum absolute atomic E-state index is 0.000157. The van der Waals surface area contributed by atoms with Gasteiger partial charge in [0.1, 0.15) is 5.82 Å². The quantitative estimate of drug-likeness (QED) is 0.473. The Morgan fingerprint density at radius 1 is 1.15 bits per heavy atom. The summed E-state index contributed by atoms with van der Waals surface area (Å²) in [5, 5.41) is 25.1. The maximum atomic E-state index is 15.4. The van der Waals surface area contributed by atoms with Gasteiger partial charge in [-0.3, -0.25) is 15.1 Å². The minimum Gasteiger partial charge on any atom is -0.465 e. The van der Waals surface area contributed by atoms with E-state index in [0.29, 0.717) is 10.9 Å². The third-order valence-corrected chi connectivity index (χ3v) is 6.79. The van der Waals surface area contributed by atoms with E-state index in [4.69, 9.17) is 0 Å². The van der Waals surface area contributed by atoms with Crippen molar-refractivity contribution in [3.8, 4) is 11.1 Å². The topological polar surface area (TPSA) is 124 Å². The van der Waals surface area contributed by atoms with Crippen molar-refractivity contribution in [1.29, 1.82) is 0 Å². The zero-order valence-corrected chi connectivity index (χ0v) is 17.9. The number of hydrogen-bond donors (Lipinski definition) is 4. The largest absolute Gasteiger partial charge is 0.465 e. The first-order chi connectivity index (χ1) is 15.8. The predicted octanol–water partition coefficient (Wildman–Crippen LogP) is 4.18. The van der Waals surface area contributed by atoms with Crippen LogP contribution in [-0.4, -0.2) is 38.3 Å². The standard InChI is InChI=1S/C24H23FN4O4/c1-11-5-6-26-9-15(11)14-7-12-8-18(27-10-16(12)22(21(14)25)29-24(32)33)28-23(31)20-13-3-2-4-17(30)19(13)20/h5-10,13,17,19-20,29-30H,2-4H2,1H3,(H,32,33)(H,27,28,31). The number of pyridine rings is 2. The zero-order valence-electron chi connectivity index (χ0n) is 17.9. The van der Waals surface area contributed by atoms with Crippen LogP contribution in [0.3, 0.4) is 0 Å². The third-order valence-electron chi connectivity index (χ3n) is 6.79. The van der Waals surface area contributed by atoms with Crippen LogP contribution in [0.15, 0.2) is 36.8 Å². The summed E-state index contributed by atoms with van der Waals surface area (Å²) < 4.78 is 15.4. The van der Waals surface area contributed by atoms with Gasteiger partial charge in [0.15, 0.2) is 5.82 Å². The molecule has 2 fully saturated rings. The summed E-state index contributed by atoms with van der Waals surface area (Å²) >= 11 is 0. The summed E-state index contributed by atoms with van der Waals surface area (Å²) in [5.41, 5.74) is 1.29. The average Bonchev–Trinajstić information content (AvgIpc) is 3.52. The molecule has 2 amide bonds. The molecule has 3 aromatic rings. The summed E-state index contributed by atoms with van der Waals surface area (Å²) in [6.45, 7) is 1.81. The maximum Gasteiger partial charge on any atom is 0.409 e. The number of aliphatic hydroxyl groups is 1. The van der Waals surface area contributed by atoms with Crippen molar-refractivity contribution in [2.75, 3.05) is 10.6 Å². The molecule has 2 heterocycles. The molecule has 4 atom stereocenters. The van der Waals surface area contributed by atoms with Crippen LogP contribution in [-0.2, 0) is 4.79 Å². The van der Waals surface area contributed by atoms with E-state index >= 15 is 4.39 Å². The van der Waals surface area contributed by atoms with Gasteiger partial charge in [0.25, 0.3) is 0 Å². The number of carbonyl (C=O) groups excluding carboxylic acids is 1. The van der Waals surface area contributed by atoms with Crippen LogP contribution < -0.4 is 10.6 Å². The van der Waals surface area contributed by atoms with Gasteiger partial charge in [-0.2, -0.15) is 0 Å². The van der Waals surface area contributed by atoms with Crippen LogP contribution in [0.5, 0.6) is 0 Å². The lowest BCUT2D eigenvalue weighted by molar-refractivity contribution is -0.118. The number of aryl methyl sites for hydroxylation is 1. The molecule has 1 aromatic carbocycles. The lowest BCUT2D eigenvalue weighted by atomic mass is 9.98. The molecule has 33 heavy (non-hydrogen) atoms. The van der Waals surface area contributed by atoms with E-state index in [1.54, 1.807) is 24.4 Å². The molecule has 2 aliphatic rings. The van der Waals surface area contributed by atoms with Crippen molar-refractivity contribution in [3.63, 3.8) is 0 Å². The Morgan fingerprint density at radius 3 is 2.70 bits per heavy atom. The van der Waals surface area contributed by atoms with E-state index in [0.717, 1.165) is 24.8 Å². The van der Waals surface area contributed by atoms with Gasteiger partial charge >= 0.3 is 6.09 Å². The van der Waals surface area contributed by atoms with E-state index in [1.807, 2.05) is 6.92 Å². The number of aliphatic hydroxyl groups excluding tert-OH is 1. The number of nitrogens with one attached hydrogen (secondary N) is 2. The fourth-order valence-corrected chi connectivity index (χ4v) is 5.14. The summed E-state index contributed by atoms with van der Waals surface area (Å²) in [4.78, 5) is 32.4. The van der Waals surface area contributed by atoms with Crippen molar-refractivity contribution in [1.82, 2.24) is 9.97 Å². The second-order valence-electron chi connectivity index (χ2n) is 8.78. The normalized spacial score (nSPS) is 23.6. The Labute approximate surface area is 188 Å². The van der Waals surface area contributed by atoms with Crippen LogP contribution in [0.4, 0.5) is 20.7 Å². The van der Waals surface area contributed by atoms with E-state index in [2.05, 4.69) is 20.6 Å². The lowest BCUT2D eigenvalue weighted by Gasteiger charge is -2.15. The van der Waals surface area contributed by atoms with Gasteiger partial charge in [0, 0.05) is 46.9 Å². The number of aromatic nitrogens is 2. The molecule has 0 radical (unpaired) electrons. The second kappa shape index (κ2) is 8.08. The molecule has 2 aliphatic carbocycles. The molecule has 0 spiro atoms. The molecule has 0 saturated heterocycles. The Morgan fingerprint density at radius 2 is 1.97 bits per heavy atom. The Kier molecular flexibility index (Phi) is 5.20. The number of fused-ring (bicyclic) bond motifs is 2. The van der Waals surface area contributed by atoms with E-state index in [9.17, 15) is 19.8 Å². The van der Waals surface area contributed by atoms with Crippen LogP contribution in [0, 0.1) is 30.5 Å². The number of halogens is 1. The molecule has 5 rings (SSSR count). The summed E-state index contributed by atoms with van der Waals surface area (Å²) in [7, 11) is 0. The fourth-order valence-electron chi connectivity index (χ4n) is 5.14. The number of carboxylic acid groups (broad SMARTS) is 1. The Hall–Kier alpha value is -3.59. The fraction of sp³-hybridized carbons (Fsp3) is 0.333. The molecule has 0 aliphatic heterocycles. The van der Waals surface area contributed by atoms with Gasteiger partial charge < -0.3 is 15.5 Å². The molecule has 8 nitrogen and oxygen atoms in total.